The molecule has 1 aliphatic rings. The van der Waals surface area contributed by atoms with Gasteiger partial charge in [0.05, 0.1) is 12.3 Å². The summed E-state index contributed by atoms with van der Waals surface area (Å²) in [7, 11) is 0. The van der Waals surface area contributed by atoms with Crippen LogP contribution in [0.2, 0.25) is 0 Å². The second kappa shape index (κ2) is 7.07. The van der Waals surface area contributed by atoms with Gasteiger partial charge in [0.2, 0.25) is 5.91 Å². The van der Waals surface area contributed by atoms with Crippen LogP contribution in [0.25, 0.3) is 0 Å². The van der Waals surface area contributed by atoms with Gasteiger partial charge >= 0.3 is 6.29 Å². The van der Waals surface area contributed by atoms with Crippen molar-refractivity contribution >= 4 is 17.3 Å². The van der Waals surface area contributed by atoms with E-state index in [1.807, 2.05) is 13.0 Å². The second-order valence-electron chi connectivity index (χ2n) is 5.61. The molecule has 26 heavy (non-hydrogen) atoms. The van der Waals surface area contributed by atoms with Crippen molar-refractivity contribution in [1.29, 1.82) is 0 Å². The number of ether oxygens (including phenoxy) is 3. The van der Waals surface area contributed by atoms with Crippen molar-refractivity contribution in [3.05, 3.63) is 42.5 Å². The predicted molar refractivity (Wildman–Crippen MR) is 92.0 cm³/mol. The summed E-state index contributed by atoms with van der Waals surface area (Å²) in [5, 5.41) is 5.72. The maximum atomic E-state index is 13.1. The molecule has 0 bridgehead atoms. The first kappa shape index (κ1) is 17.8. The molecule has 8 heteroatoms. The Balaban J connectivity index is 1.66. The Bertz CT molecular complexity index is 814. The van der Waals surface area contributed by atoms with E-state index in [0.717, 1.165) is 0 Å². The van der Waals surface area contributed by atoms with Crippen LogP contribution in [0.15, 0.2) is 42.5 Å². The molecule has 0 spiro atoms. The Hall–Kier alpha value is -3.03. The number of carbonyl (C=O) groups is 1. The topological polar surface area (TPSA) is 68.8 Å². The van der Waals surface area contributed by atoms with Gasteiger partial charge in [-0.2, -0.15) is 0 Å². The van der Waals surface area contributed by atoms with Gasteiger partial charge in [-0.25, -0.2) is 0 Å². The summed E-state index contributed by atoms with van der Waals surface area (Å²) in [5.74, 6) is 0.124. The third-order valence-corrected chi connectivity index (χ3v) is 3.62. The molecule has 2 aromatic carbocycles. The van der Waals surface area contributed by atoms with E-state index in [1.54, 1.807) is 25.1 Å². The average molecular weight is 364 g/mol. The molecule has 1 atom stereocenters. The number of para-hydroxylation sites is 2. The van der Waals surface area contributed by atoms with Crippen LogP contribution < -0.4 is 24.8 Å². The highest BCUT2D eigenvalue weighted by Gasteiger charge is 2.43. The maximum absolute atomic E-state index is 13.1. The largest absolute Gasteiger partial charge is 0.586 e. The van der Waals surface area contributed by atoms with Gasteiger partial charge in [-0.15, -0.1) is 8.78 Å². The Kier molecular flexibility index (Phi) is 4.83. The van der Waals surface area contributed by atoms with Gasteiger partial charge in [0, 0.05) is 11.8 Å². The standard InChI is InChI=1S/C18H18F2N2O4/c1-3-24-14-7-5-4-6-13(14)22-17(23)11(2)21-12-8-9-15-16(10-12)26-18(19,20)25-15/h4-11,21H,3H2,1-2H3,(H,22,23)/t11-/m0/s1. The van der Waals surface area contributed by atoms with Crippen LogP contribution in [0, 0.1) is 0 Å². The number of benzene rings is 2. The quantitative estimate of drug-likeness (QED) is 0.815. The van der Waals surface area contributed by atoms with E-state index in [1.165, 1.54) is 18.2 Å². The molecular formula is C18H18F2N2O4. The number of halogens is 2. The Morgan fingerprint density at radius 3 is 2.69 bits per heavy atom. The van der Waals surface area contributed by atoms with Gasteiger partial charge in [-0.05, 0) is 38.1 Å². The summed E-state index contributed by atoms with van der Waals surface area (Å²) in [6.45, 7) is 3.98. The van der Waals surface area contributed by atoms with E-state index in [0.29, 0.717) is 23.7 Å². The molecule has 0 saturated heterocycles. The average Bonchev–Trinajstić information content (AvgIpc) is 2.90. The highest BCUT2D eigenvalue weighted by atomic mass is 19.3. The van der Waals surface area contributed by atoms with E-state index in [2.05, 4.69) is 20.1 Å². The van der Waals surface area contributed by atoms with Crippen LogP contribution in [0.5, 0.6) is 17.2 Å². The van der Waals surface area contributed by atoms with Crippen molar-refractivity contribution in [2.24, 2.45) is 0 Å². The minimum atomic E-state index is -3.67. The number of carbonyl (C=O) groups excluding carboxylic acids is 1. The third kappa shape index (κ3) is 3.96. The first-order chi connectivity index (χ1) is 12.4. The molecule has 138 valence electrons. The van der Waals surface area contributed by atoms with Gasteiger partial charge < -0.3 is 24.8 Å². The number of rotatable bonds is 6. The molecule has 2 N–H and O–H groups in total. The van der Waals surface area contributed by atoms with Gasteiger partial charge in [0.15, 0.2) is 11.5 Å². The first-order valence-electron chi connectivity index (χ1n) is 8.07. The summed E-state index contributed by atoms with van der Waals surface area (Å²) in [5.41, 5.74) is 1.00. The van der Waals surface area contributed by atoms with Gasteiger partial charge in [0.1, 0.15) is 11.8 Å². The number of alkyl halides is 2. The van der Waals surface area contributed by atoms with Crippen LogP contribution in [0.3, 0.4) is 0 Å². The minimum absolute atomic E-state index is 0.0525. The highest BCUT2D eigenvalue weighted by Crippen LogP contribution is 2.42. The van der Waals surface area contributed by atoms with E-state index in [9.17, 15) is 13.6 Å². The van der Waals surface area contributed by atoms with Crippen LogP contribution in [-0.2, 0) is 4.79 Å². The number of hydrogen-bond acceptors (Lipinski definition) is 5. The van der Waals surface area contributed by atoms with Gasteiger partial charge in [0.25, 0.3) is 0 Å². The summed E-state index contributed by atoms with van der Waals surface area (Å²) in [4.78, 5) is 12.4. The molecule has 1 heterocycles. The van der Waals surface area contributed by atoms with E-state index < -0.39 is 12.3 Å². The van der Waals surface area contributed by atoms with Crippen molar-refractivity contribution in [2.75, 3.05) is 17.2 Å². The molecule has 0 aromatic heterocycles. The lowest BCUT2D eigenvalue weighted by atomic mass is 10.2. The SMILES string of the molecule is CCOc1ccccc1NC(=O)[C@H](C)Nc1ccc2c(c1)OC(F)(F)O2. The zero-order valence-corrected chi connectivity index (χ0v) is 14.2. The van der Waals surface area contributed by atoms with Gasteiger partial charge in [-0.3, -0.25) is 4.79 Å². The van der Waals surface area contributed by atoms with Crippen LogP contribution in [-0.4, -0.2) is 24.9 Å². The number of nitrogens with one attached hydrogen (secondary N) is 2. The van der Waals surface area contributed by atoms with Crippen molar-refractivity contribution in [2.45, 2.75) is 26.2 Å². The van der Waals surface area contributed by atoms with Crippen molar-refractivity contribution in [3.8, 4) is 17.2 Å². The Labute approximate surface area is 149 Å². The normalized spacial score (nSPS) is 15.2. The number of hydrogen-bond donors (Lipinski definition) is 2. The predicted octanol–water partition coefficient (Wildman–Crippen LogP) is 3.85. The Morgan fingerprint density at radius 1 is 1.19 bits per heavy atom. The van der Waals surface area contributed by atoms with Crippen molar-refractivity contribution in [1.82, 2.24) is 0 Å². The third-order valence-electron chi connectivity index (χ3n) is 3.62. The fourth-order valence-electron chi connectivity index (χ4n) is 2.45. The van der Waals surface area contributed by atoms with Crippen LogP contribution in [0.4, 0.5) is 20.2 Å². The number of fused-ring (bicyclic) bond motifs is 1. The molecule has 0 radical (unpaired) electrons. The summed E-state index contributed by atoms with van der Waals surface area (Å²) >= 11 is 0. The van der Waals surface area contributed by atoms with E-state index in [4.69, 9.17) is 4.74 Å². The second-order valence-corrected chi connectivity index (χ2v) is 5.61. The molecule has 1 amide bonds. The number of amides is 1. The summed E-state index contributed by atoms with van der Waals surface area (Å²) in [6, 6.07) is 10.7. The van der Waals surface area contributed by atoms with Crippen molar-refractivity contribution < 1.29 is 27.8 Å². The van der Waals surface area contributed by atoms with E-state index in [-0.39, 0.29) is 17.4 Å². The molecule has 0 unspecified atom stereocenters. The minimum Gasteiger partial charge on any atom is -0.492 e. The molecule has 3 rings (SSSR count). The lowest BCUT2D eigenvalue weighted by molar-refractivity contribution is -0.286. The molecule has 6 nitrogen and oxygen atoms in total. The molecule has 0 fully saturated rings. The fourth-order valence-corrected chi connectivity index (χ4v) is 2.45. The lowest BCUT2D eigenvalue weighted by Gasteiger charge is -2.17. The van der Waals surface area contributed by atoms with Crippen molar-refractivity contribution in [3.63, 3.8) is 0 Å². The van der Waals surface area contributed by atoms with E-state index >= 15 is 0 Å². The first-order valence-corrected chi connectivity index (χ1v) is 8.07. The number of anilines is 2. The monoisotopic (exact) mass is 364 g/mol. The van der Waals surface area contributed by atoms with Gasteiger partial charge in [-0.1, -0.05) is 12.1 Å². The lowest BCUT2D eigenvalue weighted by Crippen LogP contribution is -2.32. The summed E-state index contributed by atoms with van der Waals surface area (Å²) < 4.78 is 40.3. The molecular weight excluding hydrogens is 346 g/mol. The molecule has 2 aromatic rings. The Morgan fingerprint density at radius 2 is 1.92 bits per heavy atom. The molecule has 0 saturated carbocycles. The molecule has 1 aliphatic heterocycles. The highest BCUT2D eigenvalue weighted by molar-refractivity contribution is 5.97. The smallest absolute Gasteiger partial charge is 0.492 e. The zero-order chi connectivity index (χ0) is 18.7. The fraction of sp³-hybridized carbons (Fsp3) is 0.278. The van der Waals surface area contributed by atoms with Crippen LogP contribution in [0.1, 0.15) is 13.8 Å². The maximum Gasteiger partial charge on any atom is 0.586 e. The van der Waals surface area contributed by atoms with Crippen LogP contribution >= 0.6 is 0 Å². The summed E-state index contributed by atoms with van der Waals surface area (Å²) in [6.07, 6.45) is -3.67. The molecule has 0 aliphatic carbocycles. The zero-order valence-electron chi connectivity index (χ0n) is 14.2.